The molecule has 7 atom stereocenters. The highest BCUT2D eigenvalue weighted by Crippen LogP contribution is 2.69. The van der Waals surface area contributed by atoms with Crippen LogP contribution in [0.15, 0.2) is 55.6 Å². The van der Waals surface area contributed by atoms with Crippen molar-refractivity contribution in [2.75, 3.05) is 19.8 Å². The number of amides is 2. The minimum Gasteiger partial charge on any atom is -0.465 e. The highest BCUT2D eigenvalue weighted by Gasteiger charge is 2.77. The predicted molar refractivity (Wildman–Crippen MR) is 154 cm³/mol. The van der Waals surface area contributed by atoms with Crippen molar-refractivity contribution in [2.24, 2.45) is 17.8 Å². The molecule has 4 rings (SSSR count). The molecule has 0 radical (unpaired) electrons. The van der Waals surface area contributed by atoms with Gasteiger partial charge in [-0.3, -0.25) is 14.4 Å². The van der Waals surface area contributed by atoms with Crippen LogP contribution in [-0.2, 0) is 25.5 Å². The third-order valence-electron chi connectivity index (χ3n) is 8.64. The van der Waals surface area contributed by atoms with Crippen LogP contribution >= 0.6 is 11.8 Å². The van der Waals surface area contributed by atoms with Crippen LogP contribution in [0.4, 0.5) is 0 Å². The standard InChI is InChI=1S/C31H42N2O5S/c1-6-8-12-16-38-30(37)25-24-17-21(5)31(39-24)26(25)28(35)33(23(19-34)18-22-13-10-9-11-14-22)27(31)29(36)32(15-7-2)20(3)4/h6-7,9-11,13-14,20-21,23-27,34H,1-2,8,12,15-19H2,3-5H3/t21?,23-,24+,25-,26+,27?,31?/m1/s1. The summed E-state index contributed by atoms with van der Waals surface area (Å²) in [6.45, 7) is 13.9. The fraction of sp³-hybridized carbons (Fsp3) is 0.581. The second-order valence-corrected chi connectivity index (χ2v) is 12.8. The number of nitrogens with zero attached hydrogens (tertiary/aromatic N) is 2. The summed E-state index contributed by atoms with van der Waals surface area (Å²) >= 11 is 1.63. The number of fused-ring (bicyclic) bond motifs is 1. The van der Waals surface area contributed by atoms with Crippen LogP contribution in [0.1, 0.15) is 45.6 Å². The molecule has 2 bridgehead atoms. The Bertz CT molecular complexity index is 1080. The van der Waals surface area contributed by atoms with E-state index < -0.39 is 28.7 Å². The number of aliphatic hydroxyl groups is 1. The zero-order valence-corrected chi connectivity index (χ0v) is 24.1. The number of aliphatic hydroxyl groups excluding tert-OH is 1. The second-order valence-electron chi connectivity index (χ2n) is 11.3. The number of carbonyl (C=O) groups excluding carboxylic acids is 3. The maximum Gasteiger partial charge on any atom is 0.310 e. The molecular weight excluding hydrogens is 512 g/mol. The molecule has 1 aromatic rings. The topological polar surface area (TPSA) is 87.2 Å². The Morgan fingerprint density at radius 3 is 2.59 bits per heavy atom. The van der Waals surface area contributed by atoms with E-state index in [2.05, 4.69) is 20.1 Å². The first kappa shape index (κ1) is 29.4. The molecule has 1 aromatic carbocycles. The molecule has 39 heavy (non-hydrogen) atoms. The number of likely N-dealkylation sites (tertiary alicyclic amines) is 1. The summed E-state index contributed by atoms with van der Waals surface area (Å²) < 4.78 is 4.92. The Morgan fingerprint density at radius 1 is 1.26 bits per heavy atom. The minimum atomic E-state index is -0.790. The van der Waals surface area contributed by atoms with Crippen LogP contribution in [0.5, 0.6) is 0 Å². The van der Waals surface area contributed by atoms with Gasteiger partial charge in [-0.1, -0.05) is 49.4 Å². The van der Waals surface area contributed by atoms with E-state index >= 15 is 0 Å². The largest absolute Gasteiger partial charge is 0.465 e. The van der Waals surface area contributed by atoms with Gasteiger partial charge in [0.15, 0.2) is 0 Å². The van der Waals surface area contributed by atoms with Gasteiger partial charge in [0.25, 0.3) is 0 Å². The van der Waals surface area contributed by atoms with E-state index in [9.17, 15) is 19.5 Å². The maximum absolute atomic E-state index is 14.5. The lowest BCUT2D eigenvalue weighted by molar-refractivity contribution is -0.155. The molecule has 0 saturated carbocycles. The van der Waals surface area contributed by atoms with Gasteiger partial charge < -0.3 is 19.6 Å². The number of hydrogen-bond donors (Lipinski definition) is 1. The molecule has 8 heteroatoms. The van der Waals surface area contributed by atoms with Gasteiger partial charge in [0, 0.05) is 17.8 Å². The molecule has 3 aliphatic heterocycles. The Balaban J connectivity index is 1.76. The lowest BCUT2D eigenvalue weighted by Crippen LogP contribution is -2.60. The zero-order valence-electron chi connectivity index (χ0n) is 23.3. The average molecular weight is 555 g/mol. The van der Waals surface area contributed by atoms with E-state index in [0.717, 1.165) is 18.4 Å². The van der Waals surface area contributed by atoms with Crippen LogP contribution in [0, 0.1) is 17.8 Å². The van der Waals surface area contributed by atoms with E-state index in [1.807, 2.05) is 44.2 Å². The molecule has 3 saturated heterocycles. The van der Waals surface area contributed by atoms with Gasteiger partial charge in [-0.25, -0.2) is 0 Å². The fourth-order valence-electron chi connectivity index (χ4n) is 6.89. The highest BCUT2D eigenvalue weighted by atomic mass is 32.2. The molecule has 212 valence electrons. The number of ether oxygens (including phenoxy) is 1. The van der Waals surface area contributed by atoms with Crippen molar-refractivity contribution in [3.8, 4) is 0 Å². The van der Waals surface area contributed by atoms with Gasteiger partial charge in [0.2, 0.25) is 11.8 Å². The monoisotopic (exact) mass is 554 g/mol. The number of carbonyl (C=O) groups is 3. The molecule has 1 spiro atoms. The smallest absolute Gasteiger partial charge is 0.310 e. The summed E-state index contributed by atoms with van der Waals surface area (Å²) in [4.78, 5) is 45.8. The third-order valence-corrected chi connectivity index (χ3v) is 10.7. The quantitative estimate of drug-likeness (QED) is 0.226. The van der Waals surface area contributed by atoms with E-state index in [1.165, 1.54) is 0 Å². The van der Waals surface area contributed by atoms with Gasteiger partial charge in [-0.2, -0.15) is 0 Å². The number of hydrogen-bond acceptors (Lipinski definition) is 6. The number of benzene rings is 1. The second kappa shape index (κ2) is 12.3. The Hall–Kier alpha value is -2.58. The molecule has 3 unspecified atom stereocenters. The van der Waals surface area contributed by atoms with Crippen LogP contribution in [0.25, 0.3) is 0 Å². The number of rotatable bonds is 13. The molecular formula is C31H42N2O5S. The summed E-state index contributed by atoms with van der Waals surface area (Å²) in [5.74, 6) is -1.95. The van der Waals surface area contributed by atoms with Crippen molar-refractivity contribution >= 4 is 29.5 Å². The van der Waals surface area contributed by atoms with Gasteiger partial charge in [0.1, 0.15) is 6.04 Å². The first-order valence-corrected chi connectivity index (χ1v) is 14.9. The highest BCUT2D eigenvalue weighted by molar-refractivity contribution is 8.02. The summed E-state index contributed by atoms with van der Waals surface area (Å²) in [5, 5.41) is 10.5. The molecule has 3 aliphatic rings. The predicted octanol–water partition coefficient (Wildman–Crippen LogP) is 3.86. The summed E-state index contributed by atoms with van der Waals surface area (Å²) in [5.41, 5.74) is 0.972. The zero-order chi connectivity index (χ0) is 28.3. The van der Waals surface area contributed by atoms with Crippen molar-refractivity contribution in [3.63, 3.8) is 0 Å². The minimum absolute atomic E-state index is 0.0408. The summed E-state index contributed by atoms with van der Waals surface area (Å²) in [7, 11) is 0. The van der Waals surface area contributed by atoms with E-state index in [4.69, 9.17) is 4.74 Å². The van der Waals surface area contributed by atoms with Crippen molar-refractivity contribution in [1.82, 2.24) is 9.80 Å². The number of allylic oxidation sites excluding steroid dienone is 1. The Labute approximate surface area is 236 Å². The number of unbranched alkanes of at least 4 members (excludes halogenated alkanes) is 1. The van der Waals surface area contributed by atoms with Crippen LogP contribution in [0.2, 0.25) is 0 Å². The van der Waals surface area contributed by atoms with Crippen LogP contribution in [-0.4, -0.2) is 80.6 Å². The molecule has 1 N–H and O–H groups in total. The molecule has 0 aliphatic carbocycles. The van der Waals surface area contributed by atoms with Crippen LogP contribution in [0.3, 0.4) is 0 Å². The SMILES string of the molecule is C=CCCCOC(=O)[C@@H]1[C@@H]2CC(C)C3(S2)C(C(=O)N(CC=C)C(C)C)N([C@@H](CO)Cc2ccccc2)C(=O)[C@H]13. The van der Waals surface area contributed by atoms with Crippen molar-refractivity contribution in [2.45, 2.75) is 74.6 Å². The summed E-state index contributed by atoms with van der Waals surface area (Å²) in [6.07, 6.45) is 6.07. The average Bonchev–Trinajstić information content (AvgIpc) is 3.52. The molecule has 7 nitrogen and oxygen atoms in total. The fourth-order valence-corrected chi connectivity index (χ4v) is 9.28. The molecule has 3 fully saturated rings. The van der Waals surface area contributed by atoms with Crippen molar-refractivity contribution in [1.29, 1.82) is 0 Å². The number of thioether (sulfide) groups is 1. The maximum atomic E-state index is 14.5. The van der Waals surface area contributed by atoms with Gasteiger partial charge >= 0.3 is 5.97 Å². The Kier molecular flexibility index (Phi) is 9.27. The normalized spacial score (nSPS) is 29.8. The lowest BCUT2D eigenvalue weighted by atomic mass is 9.66. The van der Waals surface area contributed by atoms with Crippen molar-refractivity contribution < 1.29 is 24.2 Å². The van der Waals surface area contributed by atoms with E-state index in [-0.39, 0.29) is 48.2 Å². The van der Waals surface area contributed by atoms with Crippen molar-refractivity contribution in [3.05, 3.63) is 61.2 Å². The number of esters is 1. The van der Waals surface area contributed by atoms with Crippen LogP contribution < -0.4 is 0 Å². The Morgan fingerprint density at radius 2 is 1.97 bits per heavy atom. The first-order valence-electron chi connectivity index (χ1n) is 14.1. The van der Waals surface area contributed by atoms with E-state index in [1.54, 1.807) is 33.7 Å². The van der Waals surface area contributed by atoms with Gasteiger partial charge in [0.05, 0.1) is 35.8 Å². The van der Waals surface area contributed by atoms with Gasteiger partial charge in [-0.05, 0) is 51.0 Å². The van der Waals surface area contributed by atoms with E-state index in [0.29, 0.717) is 19.4 Å². The molecule has 2 amide bonds. The third kappa shape index (κ3) is 5.18. The molecule has 0 aromatic heterocycles. The molecule has 3 heterocycles. The first-order chi connectivity index (χ1) is 18.7. The lowest BCUT2D eigenvalue weighted by Gasteiger charge is -2.42. The summed E-state index contributed by atoms with van der Waals surface area (Å²) in [6, 6.07) is 8.21. The van der Waals surface area contributed by atoms with Gasteiger partial charge in [-0.15, -0.1) is 24.9 Å².